The Bertz CT molecular complexity index is 764. The number of anilines is 1. The first kappa shape index (κ1) is 20.8. The van der Waals surface area contributed by atoms with Gasteiger partial charge in [-0.3, -0.25) is 9.69 Å². The van der Waals surface area contributed by atoms with E-state index in [0.717, 1.165) is 0 Å². The van der Waals surface area contributed by atoms with E-state index in [1.807, 2.05) is 11.9 Å². The number of amides is 1. The van der Waals surface area contributed by atoms with Crippen molar-refractivity contribution in [2.75, 3.05) is 33.1 Å². The molecule has 0 aliphatic heterocycles. The van der Waals surface area contributed by atoms with Crippen LogP contribution in [0, 0.1) is 0 Å². The molecule has 0 saturated heterocycles. The molecule has 5 heteroatoms. The van der Waals surface area contributed by atoms with Gasteiger partial charge in [0, 0.05) is 12.6 Å². The molecule has 0 saturated carbocycles. The molecule has 0 aliphatic carbocycles. The fourth-order valence-corrected chi connectivity index (χ4v) is 2.81. The number of carbonyl (C=O) groups is 1. The lowest BCUT2D eigenvalue weighted by Crippen LogP contribution is -2.30. The third-order valence-corrected chi connectivity index (χ3v) is 4.37. The summed E-state index contributed by atoms with van der Waals surface area (Å²) in [5, 5.41) is 2.90. The third-order valence-electron chi connectivity index (χ3n) is 4.37. The van der Waals surface area contributed by atoms with Gasteiger partial charge in [-0.25, -0.2) is 0 Å². The van der Waals surface area contributed by atoms with E-state index in [4.69, 9.17) is 9.47 Å². The standard InChI is InChI=1S/C22H30N2O3/c1-22(2,3)17-9-7-16(8-10-17)14-24(4)15-21(25)23-19-12-11-18(26-5)13-20(19)27-6/h7-13H,14-15H2,1-6H3,(H,23,25). The number of hydrogen-bond donors (Lipinski definition) is 1. The van der Waals surface area contributed by atoms with Crippen LogP contribution < -0.4 is 14.8 Å². The van der Waals surface area contributed by atoms with E-state index in [2.05, 4.69) is 50.4 Å². The van der Waals surface area contributed by atoms with E-state index < -0.39 is 0 Å². The van der Waals surface area contributed by atoms with Crippen LogP contribution in [0.4, 0.5) is 5.69 Å². The molecule has 0 spiro atoms. The van der Waals surface area contributed by atoms with E-state index in [0.29, 0.717) is 23.7 Å². The zero-order valence-electron chi connectivity index (χ0n) is 17.1. The third kappa shape index (κ3) is 6.00. The average Bonchev–Trinajstić information content (AvgIpc) is 2.61. The lowest BCUT2D eigenvalue weighted by Gasteiger charge is -2.20. The number of hydrogen-bond acceptors (Lipinski definition) is 4. The van der Waals surface area contributed by atoms with Gasteiger partial charge in [0.2, 0.25) is 5.91 Å². The summed E-state index contributed by atoms with van der Waals surface area (Å²) in [7, 11) is 5.09. The molecule has 1 amide bonds. The highest BCUT2D eigenvalue weighted by atomic mass is 16.5. The molecule has 2 aromatic rings. The Morgan fingerprint density at radius 2 is 1.70 bits per heavy atom. The zero-order chi connectivity index (χ0) is 20.0. The van der Waals surface area contributed by atoms with Crippen LogP contribution in [0.5, 0.6) is 11.5 Å². The fraction of sp³-hybridized carbons (Fsp3) is 0.409. The Kier molecular flexibility index (Phi) is 6.86. The van der Waals surface area contributed by atoms with Crippen molar-refractivity contribution < 1.29 is 14.3 Å². The second-order valence-corrected chi connectivity index (χ2v) is 7.73. The maximum atomic E-state index is 12.4. The van der Waals surface area contributed by atoms with Crippen LogP contribution >= 0.6 is 0 Å². The predicted octanol–water partition coefficient (Wildman–Crippen LogP) is 4.07. The molecule has 0 aliphatic rings. The molecule has 0 heterocycles. The number of ether oxygens (including phenoxy) is 2. The number of rotatable bonds is 7. The maximum Gasteiger partial charge on any atom is 0.238 e. The highest BCUT2D eigenvalue weighted by Gasteiger charge is 2.14. The Hall–Kier alpha value is -2.53. The number of nitrogens with one attached hydrogen (secondary N) is 1. The summed E-state index contributed by atoms with van der Waals surface area (Å²) in [6, 6.07) is 13.9. The van der Waals surface area contributed by atoms with Crippen molar-refractivity contribution in [2.24, 2.45) is 0 Å². The van der Waals surface area contributed by atoms with Gasteiger partial charge in [0.15, 0.2) is 0 Å². The Morgan fingerprint density at radius 3 is 2.26 bits per heavy atom. The maximum absolute atomic E-state index is 12.4. The SMILES string of the molecule is COc1ccc(NC(=O)CN(C)Cc2ccc(C(C)(C)C)cc2)c(OC)c1. The van der Waals surface area contributed by atoms with Crippen LogP contribution in [0.1, 0.15) is 31.9 Å². The number of carbonyl (C=O) groups excluding carboxylic acids is 1. The quantitative estimate of drug-likeness (QED) is 0.798. The van der Waals surface area contributed by atoms with Crippen LogP contribution in [0.2, 0.25) is 0 Å². The van der Waals surface area contributed by atoms with Gasteiger partial charge >= 0.3 is 0 Å². The minimum absolute atomic E-state index is 0.0905. The molecule has 1 N–H and O–H groups in total. The molecule has 2 aromatic carbocycles. The number of nitrogens with zero attached hydrogens (tertiary/aromatic N) is 1. The molecule has 27 heavy (non-hydrogen) atoms. The smallest absolute Gasteiger partial charge is 0.238 e. The van der Waals surface area contributed by atoms with Crippen molar-refractivity contribution in [1.29, 1.82) is 0 Å². The van der Waals surface area contributed by atoms with Crippen molar-refractivity contribution in [3.63, 3.8) is 0 Å². The van der Waals surface area contributed by atoms with Crippen molar-refractivity contribution >= 4 is 11.6 Å². The minimum atomic E-state index is -0.0905. The van der Waals surface area contributed by atoms with E-state index in [9.17, 15) is 4.79 Å². The van der Waals surface area contributed by atoms with Gasteiger partial charge in [0.1, 0.15) is 11.5 Å². The van der Waals surface area contributed by atoms with Gasteiger partial charge in [0.25, 0.3) is 0 Å². The van der Waals surface area contributed by atoms with E-state index in [-0.39, 0.29) is 17.9 Å². The zero-order valence-corrected chi connectivity index (χ0v) is 17.1. The molecule has 0 radical (unpaired) electrons. The summed E-state index contributed by atoms with van der Waals surface area (Å²) in [6.45, 7) is 7.59. The first-order valence-electron chi connectivity index (χ1n) is 9.03. The normalized spacial score (nSPS) is 11.4. The molecule has 0 aromatic heterocycles. The Labute approximate surface area is 162 Å². The van der Waals surface area contributed by atoms with Gasteiger partial charge in [-0.2, -0.15) is 0 Å². The second-order valence-electron chi connectivity index (χ2n) is 7.73. The minimum Gasteiger partial charge on any atom is -0.497 e. The lowest BCUT2D eigenvalue weighted by atomic mass is 9.87. The van der Waals surface area contributed by atoms with E-state index >= 15 is 0 Å². The Balaban J connectivity index is 1.94. The monoisotopic (exact) mass is 370 g/mol. The number of likely N-dealkylation sites (N-methyl/N-ethyl adjacent to an activating group) is 1. The van der Waals surface area contributed by atoms with Crippen LogP contribution in [0.15, 0.2) is 42.5 Å². The summed E-state index contributed by atoms with van der Waals surface area (Å²) in [6.07, 6.45) is 0. The first-order chi connectivity index (χ1) is 12.7. The van der Waals surface area contributed by atoms with Crippen LogP contribution in [-0.2, 0) is 16.8 Å². The van der Waals surface area contributed by atoms with Crippen molar-refractivity contribution in [2.45, 2.75) is 32.7 Å². The van der Waals surface area contributed by atoms with Crippen molar-refractivity contribution in [3.8, 4) is 11.5 Å². The molecule has 146 valence electrons. The van der Waals surface area contributed by atoms with E-state index in [1.165, 1.54) is 11.1 Å². The van der Waals surface area contributed by atoms with Gasteiger partial charge in [0.05, 0.1) is 26.5 Å². The molecule has 0 bridgehead atoms. The van der Waals surface area contributed by atoms with Gasteiger partial charge in [-0.05, 0) is 35.7 Å². The molecule has 0 atom stereocenters. The van der Waals surface area contributed by atoms with Gasteiger partial charge < -0.3 is 14.8 Å². The van der Waals surface area contributed by atoms with Crippen LogP contribution in [0.3, 0.4) is 0 Å². The predicted molar refractivity (Wildman–Crippen MR) is 110 cm³/mol. The van der Waals surface area contributed by atoms with Gasteiger partial charge in [-0.15, -0.1) is 0 Å². The molecule has 0 fully saturated rings. The lowest BCUT2D eigenvalue weighted by molar-refractivity contribution is -0.117. The van der Waals surface area contributed by atoms with Crippen molar-refractivity contribution in [3.05, 3.63) is 53.6 Å². The van der Waals surface area contributed by atoms with Crippen LogP contribution in [-0.4, -0.2) is 38.6 Å². The largest absolute Gasteiger partial charge is 0.497 e. The van der Waals surface area contributed by atoms with E-state index in [1.54, 1.807) is 32.4 Å². The average molecular weight is 370 g/mol. The number of methoxy groups -OCH3 is 2. The summed E-state index contributed by atoms with van der Waals surface area (Å²) in [5.74, 6) is 1.16. The van der Waals surface area contributed by atoms with Crippen LogP contribution in [0.25, 0.3) is 0 Å². The molecule has 0 unspecified atom stereocenters. The summed E-state index contributed by atoms with van der Waals surface area (Å²) in [5.41, 5.74) is 3.26. The first-order valence-corrected chi connectivity index (χ1v) is 9.03. The fourth-order valence-electron chi connectivity index (χ4n) is 2.81. The van der Waals surface area contributed by atoms with Gasteiger partial charge in [-0.1, -0.05) is 45.0 Å². The molecular formula is C22H30N2O3. The summed E-state index contributed by atoms with van der Waals surface area (Å²) in [4.78, 5) is 14.4. The highest BCUT2D eigenvalue weighted by molar-refractivity contribution is 5.93. The summed E-state index contributed by atoms with van der Waals surface area (Å²) < 4.78 is 10.5. The topological polar surface area (TPSA) is 50.8 Å². The molecular weight excluding hydrogens is 340 g/mol. The molecule has 2 rings (SSSR count). The molecule has 5 nitrogen and oxygen atoms in total. The van der Waals surface area contributed by atoms with Crippen molar-refractivity contribution in [1.82, 2.24) is 4.90 Å². The summed E-state index contributed by atoms with van der Waals surface area (Å²) >= 11 is 0. The number of benzene rings is 2. The second kappa shape index (κ2) is 8.91. The Morgan fingerprint density at radius 1 is 1.04 bits per heavy atom. The highest BCUT2D eigenvalue weighted by Crippen LogP contribution is 2.29.